The van der Waals surface area contributed by atoms with Gasteiger partial charge in [-0.1, -0.05) is 12.1 Å². The molecule has 7 nitrogen and oxygen atoms in total. The first-order valence-electron chi connectivity index (χ1n) is 9.05. The van der Waals surface area contributed by atoms with E-state index in [1.54, 1.807) is 18.1 Å². The number of carbonyl (C=O) groups is 2. The lowest BCUT2D eigenvalue weighted by molar-refractivity contribution is -0.131. The molecule has 0 unspecified atom stereocenters. The highest BCUT2D eigenvalue weighted by Gasteiger charge is 2.36. The van der Waals surface area contributed by atoms with Crippen molar-refractivity contribution < 1.29 is 14.0 Å². The molecule has 0 saturated carbocycles. The van der Waals surface area contributed by atoms with Crippen molar-refractivity contribution in [3.63, 3.8) is 0 Å². The molecular formula is C20H26N4O3. The molecule has 1 N–H and O–H groups in total. The largest absolute Gasteiger partial charge is 0.444 e. The SMILES string of the molecule is CN(C[C@H]1CC(=O)N(C(C)(C)C)C1)C(=O)Nc1cccc(-c2cnco2)c1. The summed E-state index contributed by atoms with van der Waals surface area (Å²) >= 11 is 0. The molecule has 3 rings (SSSR count). The van der Waals surface area contributed by atoms with Gasteiger partial charge in [-0.15, -0.1) is 0 Å². The van der Waals surface area contributed by atoms with Gasteiger partial charge in [-0.3, -0.25) is 4.79 Å². The predicted octanol–water partition coefficient (Wildman–Crippen LogP) is 3.45. The summed E-state index contributed by atoms with van der Waals surface area (Å²) in [4.78, 5) is 32.2. The van der Waals surface area contributed by atoms with Gasteiger partial charge in [0.05, 0.1) is 6.20 Å². The second kappa shape index (κ2) is 7.42. The van der Waals surface area contributed by atoms with Crippen LogP contribution in [-0.4, -0.2) is 52.4 Å². The van der Waals surface area contributed by atoms with Crippen LogP contribution < -0.4 is 5.32 Å². The van der Waals surface area contributed by atoms with E-state index in [-0.39, 0.29) is 23.4 Å². The van der Waals surface area contributed by atoms with Crippen LogP contribution in [0.3, 0.4) is 0 Å². The number of hydrogen-bond donors (Lipinski definition) is 1. The first-order chi connectivity index (χ1) is 12.7. The van der Waals surface area contributed by atoms with Gasteiger partial charge in [-0.2, -0.15) is 0 Å². The lowest BCUT2D eigenvalue weighted by Gasteiger charge is -2.32. The molecule has 0 radical (unpaired) electrons. The van der Waals surface area contributed by atoms with Gasteiger partial charge in [0.1, 0.15) is 0 Å². The van der Waals surface area contributed by atoms with E-state index in [4.69, 9.17) is 4.42 Å². The quantitative estimate of drug-likeness (QED) is 0.894. The molecule has 1 atom stereocenters. The van der Waals surface area contributed by atoms with Gasteiger partial charge < -0.3 is 19.5 Å². The molecule has 2 aromatic rings. The third-order valence-electron chi connectivity index (χ3n) is 4.72. The number of aromatic nitrogens is 1. The number of anilines is 1. The number of amides is 3. The topological polar surface area (TPSA) is 78.7 Å². The number of benzene rings is 1. The first kappa shape index (κ1) is 18.9. The number of oxazole rings is 1. The van der Waals surface area contributed by atoms with Crippen LogP contribution in [0.4, 0.5) is 10.5 Å². The first-order valence-corrected chi connectivity index (χ1v) is 9.05. The Morgan fingerprint density at radius 2 is 2.19 bits per heavy atom. The van der Waals surface area contributed by atoms with Crippen LogP contribution in [0.5, 0.6) is 0 Å². The smallest absolute Gasteiger partial charge is 0.321 e. The molecule has 0 bridgehead atoms. The van der Waals surface area contributed by atoms with Crippen LogP contribution in [0, 0.1) is 5.92 Å². The second-order valence-electron chi connectivity index (χ2n) is 8.00. The fraction of sp³-hybridized carbons (Fsp3) is 0.450. The van der Waals surface area contributed by atoms with E-state index >= 15 is 0 Å². The second-order valence-corrected chi connectivity index (χ2v) is 8.00. The molecule has 27 heavy (non-hydrogen) atoms. The van der Waals surface area contributed by atoms with Crippen LogP contribution in [0.2, 0.25) is 0 Å². The van der Waals surface area contributed by atoms with Gasteiger partial charge in [0.15, 0.2) is 12.2 Å². The molecule has 1 fully saturated rings. The summed E-state index contributed by atoms with van der Waals surface area (Å²) in [5.41, 5.74) is 1.34. The molecular weight excluding hydrogens is 344 g/mol. The zero-order valence-electron chi connectivity index (χ0n) is 16.2. The Labute approximate surface area is 159 Å². The van der Waals surface area contributed by atoms with E-state index in [1.807, 2.05) is 49.9 Å². The highest BCUT2D eigenvalue weighted by atomic mass is 16.3. The zero-order valence-corrected chi connectivity index (χ0v) is 16.2. The third-order valence-corrected chi connectivity index (χ3v) is 4.72. The molecule has 0 spiro atoms. The Kier molecular flexibility index (Phi) is 5.21. The minimum absolute atomic E-state index is 0.146. The van der Waals surface area contributed by atoms with Crippen molar-refractivity contribution in [2.24, 2.45) is 5.92 Å². The predicted molar refractivity (Wildman–Crippen MR) is 103 cm³/mol. The normalized spacial score (nSPS) is 17.3. The highest BCUT2D eigenvalue weighted by Crippen LogP contribution is 2.26. The Morgan fingerprint density at radius 3 is 2.81 bits per heavy atom. The van der Waals surface area contributed by atoms with Crippen molar-refractivity contribution in [3.05, 3.63) is 36.9 Å². The summed E-state index contributed by atoms with van der Waals surface area (Å²) in [7, 11) is 1.75. The van der Waals surface area contributed by atoms with Crippen molar-refractivity contribution in [2.45, 2.75) is 32.7 Å². The number of rotatable bonds is 4. The lowest BCUT2D eigenvalue weighted by Crippen LogP contribution is -2.43. The number of nitrogens with zero attached hydrogens (tertiary/aromatic N) is 3. The number of likely N-dealkylation sites (tertiary alicyclic amines) is 1. The van der Waals surface area contributed by atoms with E-state index in [9.17, 15) is 9.59 Å². The molecule has 2 heterocycles. The summed E-state index contributed by atoms with van der Waals surface area (Å²) in [6, 6.07) is 7.21. The maximum atomic E-state index is 12.5. The van der Waals surface area contributed by atoms with Crippen molar-refractivity contribution in [2.75, 3.05) is 25.5 Å². The average molecular weight is 370 g/mol. The van der Waals surface area contributed by atoms with E-state index in [0.717, 1.165) is 5.56 Å². The van der Waals surface area contributed by atoms with Gasteiger partial charge in [0, 0.05) is 49.3 Å². The fourth-order valence-corrected chi connectivity index (χ4v) is 3.35. The zero-order chi connectivity index (χ0) is 19.6. The van der Waals surface area contributed by atoms with Gasteiger partial charge >= 0.3 is 6.03 Å². The molecule has 1 aliphatic heterocycles. The van der Waals surface area contributed by atoms with Gasteiger partial charge in [-0.25, -0.2) is 9.78 Å². The molecule has 1 saturated heterocycles. The molecule has 0 aliphatic carbocycles. The van der Waals surface area contributed by atoms with E-state index in [0.29, 0.717) is 31.0 Å². The Hall–Kier alpha value is -2.83. The number of carbonyl (C=O) groups excluding carboxylic acids is 2. The molecule has 1 aromatic carbocycles. The van der Waals surface area contributed by atoms with E-state index < -0.39 is 0 Å². The lowest BCUT2D eigenvalue weighted by atomic mass is 10.1. The monoisotopic (exact) mass is 370 g/mol. The number of hydrogen-bond acceptors (Lipinski definition) is 4. The van der Waals surface area contributed by atoms with Crippen molar-refractivity contribution >= 4 is 17.6 Å². The molecule has 1 aromatic heterocycles. The van der Waals surface area contributed by atoms with Gasteiger partial charge in [0.25, 0.3) is 0 Å². The fourth-order valence-electron chi connectivity index (χ4n) is 3.35. The van der Waals surface area contributed by atoms with E-state index in [2.05, 4.69) is 10.3 Å². The molecule has 3 amide bonds. The number of nitrogens with one attached hydrogen (secondary N) is 1. The van der Waals surface area contributed by atoms with Gasteiger partial charge in [-0.05, 0) is 32.9 Å². The molecule has 144 valence electrons. The van der Waals surface area contributed by atoms with Gasteiger partial charge in [0.2, 0.25) is 5.91 Å². The highest BCUT2D eigenvalue weighted by molar-refractivity contribution is 5.90. The Morgan fingerprint density at radius 1 is 1.41 bits per heavy atom. The van der Waals surface area contributed by atoms with Crippen molar-refractivity contribution in [1.29, 1.82) is 0 Å². The van der Waals surface area contributed by atoms with Crippen LogP contribution >= 0.6 is 0 Å². The maximum absolute atomic E-state index is 12.5. The molecule has 1 aliphatic rings. The van der Waals surface area contributed by atoms with Crippen LogP contribution in [0.15, 0.2) is 41.3 Å². The Bertz CT molecular complexity index is 811. The summed E-state index contributed by atoms with van der Waals surface area (Å²) in [5, 5.41) is 2.90. The third kappa shape index (κ3) is 4.48. The standard InChI is InChI=1S/C20H26N4O3/c1-20(2,3)24-12-14(8-18(24)25)11-23(4)19(26)22-16-7-5-6-15(9-16)17-10-21-13-27-17/h5-7,9-10,13-14H,8,11-12H2,1-4H3,(H,22,26)/t14-/m1/s1. The maximum Gasteiger partial charge on any atom is 0.321 e. The van der Waals surface area contributed by atoms with Crippen LogP contribution in [0.1, 0.15) is 27.2 Å². The Balaban J connectivity index is 1.59. The van der Waals surface area contributed by atoms with E-state index in [1.165, 1.54) is 6.39 Å². The van der Waals surface area contributed by atoms with Crippen LogP contribution in [-0.2, 0) is 4.79 Å². The molecule has 7 heteroatoms. The average Bonchev–Trinajstić information content (AvgIpc) is 3.24. The van der Waals surface area contributed by atoms with Crippen molar-refractivity contribution in [1.82, 2.24) is 14.8 Å². The summed E-state index contributed by atoms with van der Waals surface area (Å²) in [6.07, 6.45) is 3.49. The van der Waals surface area contributed by atoms with Crippen molar-refractivity contribution in [3.8, 4) is 11.3 Å². The number of urea groups is 1. The van der Waals surface area contributed by atoms with Crippen LogP contribution in [0.25, 0.3) is 11.3 Å². The summed E-state index contributed by atoms with van der Waals surface area (Å²) < 4.78 is 5.29. The summed E-state index contributed by atoms with van der Waals surface area (Å²) in [5.74, 6) is 0.945. The minimum atomic E-state index is -0.202. The summed E-state index contributed by atoms with van der Waals surface area (Å²) in [6.45, 7) is 7.31. The minimum Gasteiger partial charge on any atom is -0.444 e.